The number of aromatic nitrogens is 4. The molecule has 0 atom stereocenters. The lowest BCUT2D eigenvalue weighted by Gasteiger charge is -2.11. The average Bonchev–Trinajstić information content (AvgIpc) is 2.93. The van der Waals surface area contributed by atoms with Crippen LogP contribution in [-0.2, 0) is 13.5 Å². The maximum absolute atomic E-state index is 6.37. The Morgan fingerprint density at radius 2 is 2.00 bits per heavy atom. The van der Waals surface area contributed by atoms with E-state index in [1.807, 2.05) is 30.7 Å². The molecule has 0 spiro atoms. The van der Waals surface area contributed by atoms with Gasteiger partial charge in [0.15, 0.2) is 5.65 Å². The van der Waals surface area contributed by atoms with Crippen LogP contribution in [0.15, 0.2) is 18.2 Å². The van der Waals surface area contributed by atoms with Gasteiger partial charge in [-0.15, -0.1) is 11.6 Å². The standard InChI is InChI=1S/C14H13Cl3N4/c1-8-13-14(20(2)19-8)21(11(18-13)6-7-15)10-5-3-4-9(16)12(10)17/h3-5H,6-7H2,1-2H3. The van der Waals surface area contributed by atoms with E-state index in [1.165, 1.54) is 0 Å². The fraction of sp³-hybridized carbons (Fsp3) is 0.286. The molecule has 0 radical (unpaired) electrons. The van der Waals surface area contributed by atoms with Gasteiger partial charge in [-0.2, -0.15) is 5.10 Å². The van der Waals surface area contributed by atoms with E-state index in [9.17, 15) is 0 Å². The number of fused-ring (bicyclic) bond motifs is 1. The summed E-state index contributed by atoms with van der Waals surface area (Å²) in [7, 11) is 1.89. The minimum absolute atomic E-state index is 0.480. The molecule has 2 aromatic heterocycles. The lowest BCUT2D eigenvalue weighted by atomic mass is 10.3. The monoisotopic (exact) mass is 342 g/mol. The zero-order valence-electron chi connectivity index (χ0n) is 11.6. The first-order valence-corrected chi connectivity index (χ1v) is 7.75. The highest BCUT2D eigenvalue weighted by molar-refractivity contribution is 6.43. The quantitative estimate of drug-likeness (QED) is 0.670. The van der Waals surface area contributed by atoms with Crippen molar-refractivity contribution >= 4 is 46.0 Å². The number of alkyl halides is 1. The molecule has 1 aromatic carbocycles. The SMILES string of the molecule is Cc1nn(C)c2c1nc(CCCl)n2-c1cccc(Cl)c1Cl. The minimum Gasteiger partial charge on any atom is -0.279 e. The molecule has 0 bridgehead atoms. The summed E-state index contributed by atoms with van der Waals surface area (Å²) in [4.78, 5) is 4.66. The number of benzene rings is 1. The summed E-state index contributed by atoms with van der Waals surface area (Å²) in [5.74, 6) is 1.33. The fourth-order valence-electron chi connectivity index (χ4n) is 2.49. The molecule has 21 heavy (non-hydrogen) atoms. The van der Waals surface area contributed by atoms with Crippen LogP contribution >= 0.6 is 34.8 Å². The Morgan fingerprint density at radius 1 is 1.24 bits per heavy atom. The molecule has 3 rings (SSSR count). The van der Waals surface area contributed by atoms with Gasteiger partial charge in [-0.05, 0) is 19.1 Å². The van der Waals surface area contributed by atoms with Gasteiger partial charge in [0.25, 0.3) is 0 Å². The third-order valence-corrected chi connectivity index (χ3v) is 4.36. The molecule has 0 aliphatic rings. The molecule has 110 valence electrons. The van der Waals surface area contributed by atoms with E-state index in [1.54, 1.807) is 10.7 Å². The van der Waals surface area contributed by atoms with E-state index < -0.39 is 0 Å². The van der Waals surface area contributed by atoms with Crippen LogP contribution in [0.3, 0.4) is 0 Å². The molecule has 7 heteroatoms. The number of nitrogens with zero attached hydrogens (tertiary/aromatic N) is 4. The van der Waals surface area contributed by atoms with Crippen molar-refractivity contribution in [3.05, 3.63) is 39.8 Å². The van der Waals surface area contributed by atoms with E-state index in [0.29, 0.717) is 22.3 Å². The predicted octanol–water partition coefficient (Wildman–Crippen LogP) is 4.16. The summed E-state index contributed by atoms with van der Waals surface area (Å²) in [6, 6.07) is 5.54. The van der Waals surface area contributed by atoms with E-state index >= 15 is 0 Å². The summed E-state index contributed by atoms with van der Waals surface area (Å²) in [5.41, 5.74) is 3.40. The lowest BCUT2D eigenvalue weighted by Crippen LogP contribution is -2.06. The van der Waals surface area contributed by atoms with Crippen molar-refractivity contribution in [2.75, 3.05) is 5.88 Å². The second-order valence-electron chi connectivity index (χ2n) is 4.76. The first kappa shape index (κ1) is 14.7. The highest BCUT2D eigenvalue weighted by atomic mass is 35.5. The Kier molecular flexibility index (Phi) is 3.86. The first-order valence-electron chi connectivity index (χ1n) is 6.46. The third-order valence-electron chi connectivity index (χ3n) is 3.36. The van der Waals surface area contributed by atoms with Crippen LogP contribution in [0.2, 0.25) is 10.0 Å². The van der Waals surface area contributed by atoms with Gasteiger partial charge in [0, 0.05) is 19.3 Å². The molecule has 0 amide bonds. The molecule has 0 fully saturated rings. The molecule has 0 aliphatic carbocycles. The van der Waals surface area contributed by atoms with E-state index in [0.717, 1.165) is 28.4 Å². The largest absolute Gasteiger partial charge is 0.279 e. The molecular weight excluding hydrogens is 331 g/mol. The Labute approximate surface area is 137 Å². The average molecular weight is 344 g/mol. The third kappa shape index (κ3) is 2.31. The smallest absolute Gasteiger partial charge is 0.163 e. The normalized spacial score (nSPS) is 11.5. The van der Waals surface area contributed by atoms with E-state index in [4.69, 9.17) is 34.8 Å². The molecule has 3 aromatic rings. The van der Waals surface area contributed by atoms with Crippen molar-refractivity contribution in [3.63, 3.8) is 0 Å². The van der Waals surface area contributed by atoms with Gasteiger partial charge in [-0.3, -0.25) is 4.57 Å². The van der Waals surface area contributed by atoms with Crippen LogP contribution in [0.25, 0.3) is 16.9 Å². The molecule has 0 aliphatic heterocycles. The van der Waals surface area contributed by atoms with Crippen molar-refractivity contribution in [2.45, 2.75) is 13.3 Å². The van der Waals surface area contributed by atoms with Gasteiger partial charge in [-0.1, -0.05) is 29.3 Å². The number of halogens is 3. The molecule has 0 saturated heterocycles. The van der Waals surface area contributed by atoms with E-state index in [2.05, 4.69) is 10.1 Å². The fourth-order valence-corrected chi connectivity index (χ4v) is 3.04. The van der Waals surface area contributed by atoms with Crippen molar-refractivity contribution in [3.8, 4) is 5.69 Å². The van der Waals surface area contributed by atoms with Gasteiger partial charge in [-0.25, -0.2) is 9.67 Å². The lowest BCUT2D eigenvalue weighted by molar-refractivity contribution is 0.751. The van der Waals surface area contributed by atoms with Crippen LogP contribution in [0, 0.1) is 6.92 Å². The minimum atomic E-state index is 0.480. The number of hydrogen-bond donors (Lipinski definition) is 0. The van der Waals surface area contributed by atoms with Crippen molar-refractivity contribution in [2.24, 2.45) is 7.05 Å². The summed E-state index contributed by atoms with van der Waals surface area (Å²) in [5, 5.41) is 5.41. The first-order chi connectivity index (χ1) is 10.0. The van der Waals surface area contributed by atoms with Gasteiger partial charge in [0.1, 0.15) is 11.3 Å². The van der Waals surface area contributed by atoms with Crippen LogP contribution in [0.4, 0.5) is 0 Å². The molecule has 0 N–H and O–H groups in total. The molecule has 2 heterocycles. The van der Waals surface area contributed by atoms with Gasteiger partial charge < -0.3 is 0 Å². The van der Waals surface area contributed by atoms with Crippen molar-refractivity contribution in [1.29, 1.82) is 0 Å². The Bertz CT molecular complexity index is 819. The van der Waals surface area contributed by atoms with E-state index in [-0.39, 0.29) is 0 Å². The van der Waals surface area contributed by atoms with Crippen molar-refractivity contribution in [1.82, 2.24) is 19.3 Å². The van der Waals surface area contributed by atoms with Crippen molar-refractivity contribution < 1.29 is 0 Å². The Balaban J connectivity index is 2.38. The Morgan fingerprint density at radius 3 is 2.71 bits per heavy atom. The molecule has 0 unspecified atom stereocenters. The van der Waals surface area contributed by atoms with Crippen LogP contribution < -0.4 is 0 Å². The topological polar surface area (TPSA) is 35.6 Å². The van der Waals surface area contributed by atoms with Gasteiger partial charge >= 0.3 is 0 Å². The van der Waals surface area contributed by atoms with Crippen LogP contribution in [0.5, 0.6) is 0 Å². The zero-order chi connectivity index (χ0) is 15.1. The molecular formula is C14H13Cl3N4. The number of aryl methyl sites for hydroxylation is 3. The Hall–Kier alpha value is -1.23. The summed E-state index contributed by atoms with van der Waals surface area (Å²) < 4.78 is 3.78. The van der Waals surface area contributed by atoms with Crippen LogP contribution in [-0.4, -0.2) is 25.2 Å². The summed E-state index contributed by atoms with van der Waals surface area (Å²) in [6.07, 6.45) is 0.637. The summed E-state index contributed by atoms with van der Waals surface area (Å²) in [6.45, 7) is 1.93. The van der Waals surface area contributed by atoms with Crippen LogP contribution in [0.1, 0.15) is 11.5 Å². The number of hydrogen-bond acceptors (Lipinski definition) is 2. The van der Waals surface area contributed by atoms with Gasteiger partial charge in [0.2, 0.25) is 0 Å². The number of rotatable bonds is 3. The highest BCUT2D eigenvalue weighted by Crippen LogP contribution is 2.32. The molecule has 4 nitrogen and oxygen atoms in total. The van der Waals surface area contributed by atoms with Gasteiger partial charge in [0.05, 0.1) is 21.4 Å². The highest BCUT2D eigenvalue weighted by Gasteiger charge is 2.20. The maximum Gasteiger partial charge on any atom is 0.163 e. The summed E-state index contributed by atoms with van der Waals surface area (Å²) >= 11 is 18.4. The maximum atomic E-state index is 6.37. The predicted molar refractivity (Wildman–Crippen MR) is 87.0 cm³/mol. The second-order valence-corrected chi connectivity index (χ2v) is 5.92. The molecule has 0 saturated carbocycles. The second kappa shape index (κ2) is 5.52. The number of imidazole rings is 1. The zero-order valence-corrected chi connectivity index (χ0v) is 13.8.